The van der Waals surface area contributed by atoms with Gasteiger partial charge in [0.05, 0.1) is 4.88 Å². The molecule has 0 saturated carbocycles. The topological polar surface area (TPSA) is 29.1 Å². The van der Waals surface area contributed by atoms with Crippen LogP contribution in [0.15, 0.2) is 18.2 Å². The Morgan fingerprint density at radius 2 is 2.27 bits per heavy atom. The van der Waals surface area contributed by atoms with Crippen molar-refractivity contribution in [3.63, 3.8) is 0 Å². The minimum absolute atomic E-state index is 0.00537. The first-order chi connectivity index (χ1) is 7.04. The fourth-order valence-corrected chi connectivity index (χ4v) is 2.33. The summed E-state index contributed by atoms with van der Waals surface area (Å²) in [5, 5.41) is 2.83. The zero-order chi connectivity index (χ0) is 11.4. The van der Waals surface area contributed by atoms with Gasteiger partial charge in [0.1, 0.15) is 0 Å². The van der Waals surface area contributed by atoms with E-state index in [0.717, 1.165) is 16.9 Å². The first kappa shape index (κ1) is 12.0. The van der Waals surface area contributed by atoms with Gasteiger partial charge < -0.3 is 5.32 Å². The molecule has 0 radical (unpaired) electrons. The van der Waals surface area contributed by atoms with E-state index in [2.05, 4.69) is 25.7 Å². The molecule has 0 unspecified atom stereocenters. The smallest absolute Gasteiger partial charge is 0.261 e. The second-order valence-electron chi connectivity index (χ2n) is 3.69. The van der Waals surface area contributed by atoms with Crippen LogP contribution in [-0.2, 0) is 6.42 Å². The Labute approximate surface area is 95.0 Å². The number of thiophene rings is 1. The van der Waals surface area contributed by atoms with Gasteiger partial charge in [-0.2, -0.15) is 0 Å². The van der Waals surface area contributed by atoms with Crippen molar-refractivity contribution in [2.24, 2.45) is 0 Å². The molecule has 0 aliphatic heterocycles. The minimum Gasteiger partial charge on any atom is -0.348 e. The van der Waals surface area contributed by atoms with Crippen LogP contribution in [-0.4, -0.2) is 12.5 Å². The van der Waals surface area contributed by atoms with Crippen molar-refractivity contribution in [1.82, 2.24) is 5.32 Å². The Bertz CT molecular complexity index is 379. The molecular weight excluding hydrogens is 206 g/mol. The van der Waals surface area contributed by atoms with Gasteiger partial charge in [-0.25, -0.2) is 0 Å². The van der Waals surface area contributed by atoms with Crippen LogP contribution >= 0.6 is 11.3 Å². The monoisotopic (exact) mass is 223 g/mol. The van der Waals surface area contributed by atoms with Crippen molar-refractivity contribution >= 4 is 17.2 Å². The average Bonchev–Trinajstić information content (AvgIpc) is 2.56. The van der Waals surface area contributed by atoms with Crippen LogP contribution < -0.4 is 5.32 Å². The zero-order valence-electron chi connectivity index (χ0n) is 9.52. The molecule has 1 aromatic rings. The number of hydrogen-bond donors (Lipinski definition) is 1. The summed E-state index contributed by atoms with van der Waals surface area (Å²) in [6.45, 7) is 10.4. The van der Waals surface area contributed by atoms with Crippen molar-refractivity contribution in [1.29, 1.82) is 0 Å². The zero-order valence-corrected chi connectivity index (χ0v) is 10.3. The van der Waals surface area contributed by atoms with Gasteiger partial charge in [0.15, 0.2) is 0 Å². The Morgan fingerprint density at radius 1 is 1.60 bits per heavy atom. The van der Waals surface area contributed by atoms with E-state index in [1.807, 2.05) is 13.0 Å². The second-order valence-corrected chi connectivity index (χ2v) is 4.94. The molecule has 0 aliphatic carbocycles. The summed E-state index contributed by atoms with van der Waals surface area (Å²) < 4.78 is 0. The van der Waals surface area contributed by atoms with Crippen LogP contribution in [0.5, 0.6) is 0 Å². The number of amides is 1. The Balaban J connectivity index is 2.69. The van der Waals surface area contributed by atoms with Gasteiger partial charge in [0.25, 0.3) is 5.91 Å². The molecular formula is C12H17NOS. The van der Waals surface area contributed by atoms with Crippen molar-refractivity contribution in [2.45, 2.75) is 27.2 Å². The van der Waals surface area contributed by atoms with Crippen LogP contribution in [0, 0.1) is 6.92 Å². The fraction of sp³-hybridized carbons (Fsp3) is 0.417. The van der Waals surface area contributed by atoms with Crippen molar-refractivity contribution in [3.8, 4) is 0 Å². The lowest BCUT2D eigenvalue weighted by Gasteiger charge is -2.01. The van der Waals surface area contributed by atoms with Gasteiger partial charge in [0.2, 0.25) is 0 Å². The van der Waals surface area contributed by atoms with E-state index in [1.165, 1.54) is 10.4 Å². The van der Waals surface area contributed by atoms with E-state index in [4.69, 9.17) is 0 Å². The normalized spacial score (nSPS) is 10.1. The van der Waals surface area contributed by atoms with E-state index < -0.39 is 0 Å². The molecule has 1 aromatic heterocycles. The third-order valence-electron chi connectivity index (χ3n) is 2.18. The summed E-state index contributed by atoms with van der Waals surface area (Å²) in [4.78, 5) is 13.7. The molecule has 1 rings (SSSR count). The van der Waals surface area contributed by atoms with Crippen LogP contribution in [0.2, 0.25) is 0 Å². The van der Waals surface area contributed by atoms with E-state index in [1.54, 1.807) is 11.3 Å². The molecule has 2 nitrogen and oxygen atoms in total. The first-order valence-corrected chi connectivity index (χ1v) is 5.88. The van der Waals surface area contributed by atoms with Gasteiger partial charge in [-0.1, -0.05) is 19.1 Å². The molecule has 0 fully saturated rings. The summed E-state index contributed by atoms with van der Waals surface area (Å²) in [6.07, 6.45) is 0.982. The summed E-state index contributed by atoms with van der Waals surface area (Å²) in [7, 11) is 0. The largest absolute Gasteiger partial charge is 0.348 e. The van der Waals surface area contributed by atoms with Crippen molar-refractivity contribution < 1.29 is 4.79 Å². The molecule has 15 heavy (non-hydrogen) atoms. The fourth-order valence-electron chi connectivity index (χ4n) is 1.30. The maximum absolute atomic E-state index is 11.7. The van der Waals surface area contributed by atoms with Crippen LogP contribution in [0.4, 0.5) is 0 Å². The summed E-state index contributed by atoms with van der Waals surface area (Å²) in [5.74, 6) is 0.00537. The molecule has 0 bridgehead atoms. The highest BCUT2D eigenvalue weighted by Crippen LogP contribution is 2.21. The summed E-state index contributed by atoms with van der Waals surface area (Å²) >= 11 is 1.56. The van der Waals surface area contributed by atoms with E-state index in [9.17, 15) is 4.79 Å². The second kappa shape index (κ2) is 5.12. The van der Waals surface area contributed by atoms with Crippen molar-refractivity contribution in [2.75, 3.05) is 6.54 Å². The van der Waals surface area contributed by atoms with Gasteiger partial charge in [-0.05, 0) is 31.9 Å². The molecule has 0 aromatic carbocycles. The highest BCUT2D eigenvalue weighted by molar-refractivity contribution is 7.14. The standard InChI is InChI=1S/C12H17NOS/c1-5-10-6-11(15-9(10)4)12(14)13-7-8(2)3/h6H,2,5,7H2,1,3-4H3,(H,13,14). The van der Waals surface area contributed by atoms with Gasteiger partial charge in [0, 0.05) is 11.4 Å². The predicted molar refractivity (Wildman–Crippen MR) is 65.6 cm³/mol. The molecule has 82 valence electrons. The Morgan fingerprint density at radius 3 is 2.73 bits per heavy atom. The summed E-state index contributed by atoms with van der Waals surface area (Å²) in [5.41, 5.74) is 2.23. The maximum Gasteiger partial charge on any atom is 0.261 e. The maximum atomic E-state index is 11.7. The van der Waals surface area contributed by atoms with E-state index >= 15 is 0 Å². The number of aryl methyl sites for hydroxylation is 2. The predicted octanol–water partition coefficient (Wildman–Crippen LogP) is 2.92. The van der Waals surface area contributed by atoms with Crippen LogP contribution in [0.3, 0.4) is 0 Å². The van der Waals surface area contributed by atoms with Gasteiger partial charge in [-0.15, -0.1) is 11.3 Å². The van der Waals surface area contributed by atoms with E-state index in [0.29, 0.717) is 6.54 Å². The first-order valence-electron chi connectivity index (χ1n) is 5.06. The molecule has 0 atom stereocenters. The van der Waals surface area contributed by atoms with Crippen LogP contribution in [0.1, 0.15) is 34.0 Å². The SMILES string of the molecule is C=C(C)CNC(=O)c1cc(CC)c(C)s1. The Hall–Kier alpha value is -1.09. The van der Waals surface area contributed by atoms with Crippen LogP contribution in [0.25, 0.3) is 0 Å². The van der Waals surface area contributed by atoms with Gasteiger partial charge in [-0.3, -0.25) is 4.79 Å². The number of hydrogen-bond acceptors (Lipinski definition) is 2. The third-order valence-corrected chi connectivity index (χ3v) is 3.27. The molecule has 1 amide bonds. The summed E-state index contributed by atoms with van der Waals surface area (Å²) in [6, 6.07) is 1.98. The Kier molecular flexibility index (Phi) is 4.09. The third kappa shape index (κ3) is 3.20. The number of carbonyl (C=O) groups excluding carboxylic acids is 1. The molecule has 0 aliphatic rings. The van der Waals surface area contributed by atoms with E-state index in [-0.39, 0.29) is 5.91 Å². The lowest BCUT2D eigenvalue weighted by Crippen LogP contribution is -2.23. The quantitative estimate of drug-likeness (QED) is 0.781. The minimum atomic E-state index is 0.00537. The molecule has 3 heteroatoms. The molecule has 1 N–H and O–H groups in total. The number of nitrogens with one attached hydrogen (secondary N) is 1. The lowest BCUT2D eigenvalue weighted by molar-refractivity contribution is 0.0961. The van der Waals surface area contributed by atoms with Crippen molar-refractivity contribution in [3.05, 3.63) is 33.5 Å². The number of carbonyl (C=O) groups is 1. The molecule has 1 heterocycles. The molecule has 0 saturated heterocycles. The number of rotatable bonds is 4. The molecule has 0 spiro atoms. The highest BCUT2D eigenvalue weighted by atomic mass is 32.1. The lowest BCUT2D eigenvalue weighted by atomic mass is 10.2. The average molecular weight is 223 g/mol. The highest BCUT2D eigenvalue weighted by Gasteiger charge is 2.10. The van der Waals surface area contributed by atoms with Gasteiger partial charge >= 0.3 is 0 Å².